The molecule has 0 amide bonds. The number of aromatic nitrogens is 2. The van der Waals surface area contributed by atoms with E-state index in [1.165, 1.54) is 12.8 Å². The van der Waals surface area contributed by atoms with Gasteiger partial charge in [-0.25, -0.2) is 9.37 Å². The summed E-state index contributed by atoms with van der Waals surface area (Å²) in [6.45, 7) is 1.20. The lowest BCUT2D eigenvalue weighted by Gasteiger charge is -2.33. The average molecular weight is 280 g/mol. The van der Waals surface area contributed by atoms with E-state index in [2.05, 4.69) is 14.9 Å². The van der Waals surface area contributed by atoms with Gasteiger partial charge in [0.15, 0.2) is 0 Å². The van der Waals surface area contributed by atoms with Crippen molar-refractivity contribution in [1.29, 1.82) is 0 Å². The molecule has 2 aliphatic rings. The van der Waals surface area contributed by atoms with Gasteiger partial charge >= 0.3 is 6.01 Å². The Kier molecular flexibility index (Phi) is 4.12. The van der Waals surface area contributed by atoms with Crippen LogP contribution in [-0.2, 0) is 13.1 Å². The van der Waals surface area contributed by atoms with Crippen LogP contribution in [0, 0.1) is 0 Å². The Morgan fingerprint density at radius 1 is 1.40 bits per heavy atom. The first-order valence-corrected chi connectivity index (χ1v) is 7.29. The molecule has 1 aromatic rings. The molecular weight excluding hydrogens is 259 g/mol. The minimum atomic E-state index is -0.521. The maximum atomic E-state index is 12.1. The number of halogens is 1. The van der Waals surface area contributed by atoms with E-state index < -0.39 is 6.67 Å². The molecule has 1 aromatic heterocycles. The van der Waals surface area contributed by atoms with Crippen molar-refractivity contribution in [2.24, 2.45) is 5.73 Å². The lowest BCUT2D eigenvalue weighted by Crippen LogP contribution is -2.40. The Hall–Kier alpha value is -1.27. The molecule has 0 aromatic carbocycles. The molecule has 1 unspecified atom stereocenters. The fraction of sp³-hybridized carbons (Fsp3) is 0.714. The summed E-state index contributed by atoms with van der Waals surface area (Å²) in [6, 6.07) is 1.15. The zero-order chi connectivity index (χ0) is 13.9. The zero-order valence-electron chi connectivity index (χ0n) is 11.6. The summed E-state index contributed by atoms with van der Waals surface area (Å²) < 4.78 is 17.2. The second-order valence-electron chi connectivity index (χ2n) is 5.65. The van der Waals surface area contributed by atoms with Crippen LogP contribution in [0.15, 0.2) is 6.20 Å². The Morgan fingerprint density at radius 2 is 2.30 bits per heavy atom. The van der Waals surface area contributed by atoms with Gasteiger partial charge in [0.1, 0.15) is 13.3 Å². The fourth-order valence-corrected chi connectivity index (χ4v) is 3.15. The summed E-state index contributed by atoms with van der Waals surface area (Å²) in [4.78, 5) is 10.9. The van der Waals surface area contributed by atoms with Gasteiger partial charge in [-0.15, -0.1) is 0 Å². The van der Waals surface area contributed by atoms with E-state index in [0.717, 1.165) is 37.2 Å². The van der Waals surface area contributed by atoms with Crippen molar-refractivity contribution in [2.45, 2.75) is 50.9 Å². The highest BCUT2D eigenvalue weighted by Gasteiger charge is 2.30. The number of hydrogen-bond donors (Lipinski definition) is 1. The van der Waals surface area contributed by atoms with Gasteiger partial charge in [0, 0.05) is 36.9 Å². The third-order valence-electron chi connectivity index (χ3n) is 4.17. The van der Waals surface area contributed by atoms with Crippen LogP contribution in [0.5, 0.6) is 6.01 Å². The summed E-state index contributed by atoms with van der Waals surface area (Å²) in [7, 11) is 0. The molecule has 110 valence electrons. The van der Waals surface area contributed by atoms with Crippen molar-refractivity contribution in [3.8, 4) is 6.01 Å². The van der Waals surface area contributed by atoms with E-state index in [9.17, 15) is 4.39 Å². The number of rotatable bonds is 4. The molecule has 20 heavy (non-hydrogen) atoms. The topological polar surface area (TPSA) is 64.3 Å². The third-order valence-corrected chi connectivity index (χ3v) is 4.17. The van der Waals surface area contributed by atoms with E-state index in [0.29, 0.717) is 12.1 Å². The molecule has 2 heterocycles. The molecule has 0 spiro atoms. The molecule has 1 aliphatic carbocycles. The molecule has 2 N–H and O–H groups in total. The maximum absolute atomic E-state index is 12.1. The van der Waals surface area contributed by atoms with Gasteiger partial charge in [-0.1, -0.05) is 6.42 Å². The Balaban J connectivity index is 1.65. The largest absolute Gasteiger partial charge is 0.461 e. The van der Waals surface area contributed by atoms with Crippen molar-refractivity contribution in [3.63, 3.8) is 0 Å². The Bertz CT molecular complexity index is 470. The summed E-state index contributed by atoms with van der Waals surface area (Å²) in [6.07, 6.45) is 6.42. The lowest BCUT2D eigenvalue weighted by molar-refractivity contribution is 0.146. The van der Waals surface area contributed by atoms with Crippen LogP contribution in [0.3, 0.4) is 0 Å². The number of alkyl halides is 1. The third kappa shape index (κ3) is 2.91. The zero-order valence-corrected chi connectivity index (χ0v) is 11.6. The van der Waals surface area contributed by atoms with Crippen molar-refractivity contribution in [1.82, 2.24) is 14.9 Å². The van der Waals surface area contributed by atoms with Crippen molar-refractivity contribution in [2.75, 3.05) is 13.3 Å². The molecule has 0 saturated heterocycles. The minimum Gasteiger partial charge on any atom is -0.461 e. The van der Waals surface area contributed by atoms with Gasteiger partial charge in [0.05, 0.1) is 5.69 Å². The molecule has 6 heteroatoms. The van der Waals surface area contributed by atoms with Gasteiger partial charge in [-0.05, 0) is 19.3 Å². The summed E-state index contributed by atoms with van der Waals surface area (Å²) in [5.41, 5.74) is 8.22. The van der Waals surface area contributed by atoms with Crippen LogP contribution < -0.4 is 10.5 Å². The van der Waals surface area contributed by atoms with Crippen LogP contribution in [0.4, 0.5) is 4.39 Å². The second-order valence-corrected chi connectivity index (χ2v) is 5.65. The predicted molar refractivity (Wildman–Crippen MR) is 73.0 cm³/mol. The highest BCUT2D eigenvalue weighted by Crippen LogP contribution is 2.30. The first kappa shape index (κ1) is 13.7. The highest BCUT2D eigenvalue weighted by atomic mass is 19.1. The molecule has 0 bridgehead atoms. The van der Waals surface area contributed by atoms with E-state index in [-0.39, 0.29) is 12.6 Å². The van der Waals surface area contributed by atoms with Crippen molar-refractivity contribution >= 4 is 0 Å². The number of hydrogen-bond acceptors (Lipinski definition) is 5. The second kappa shape index (κ2) is 6.01. The Morgan fingerprint density at radius 3 is 3.10 bits per heavy atom. The average Bonchev–Trinajstić information content (AvgIpc) is 2.88. The quantitative estimate of drug-likeness (QED) is 0.903. The predicted octanol–water partition coefficient (Wildman–Crippen LogP) is 1.41. The fourth-order valence-electron chi connectivity index (χ4n) is 3.15. The number of nitrogens with zero attached hydrogens (tertiary/aromatic N) is 3. The van der Waals surface area contributed by atoms with Crippen LogP contribution in [-0.4, -0.2) is 40.2 Å². The molecule has 1 aliphatic heterocycles. The van der Waals surface area contributed by atoms with E-state index in [4.69, 9.17) is 10.5 Å². The van der Waals surface area contributed by atoms with Crippen molar-refractivity contribution in [3.05, 3.63) is 17.5 Å². The van der Waals surface area contributed by atoms with Gasteiger partial charge in [0.25, 0.3) is 0 Å². The lowest BCUT2D eigenvalue weighted by atomic mass is 9.91. The van der Waals surface area contributed by atoms with Gasteiger partial charge in [-0.2, -0.15) is 4.98 Å². The van der Waals surface area contributed by atoms with Gasteiger partial charge in [-0.3, -0.25) is 4.90 Å². The molecular formula is C14H21FN4O. The van der Waals surface area contributed by atoms with Crippen molar-refractivity contribution < 1.29 is 9.13 Å². The highest BCUT2D eigenvalue weighted by molar-refractivity contribution is 5.23. The minimum absolute atomic E-state index is 0.0139. The van der Waals surface area contributed by atoms with E-state index in [1.807, 2.05) is 0 Å². The standard InChI is InChI=1S/C14H21FN4O/c15-4-5-20-14-17-7-10-8-19(9-13(10)18-14)12-3-1-2-11(16)6-12/h7,11-12H,1-6,8-9,16H2/t11-,12?/m1/s1. The van der Waals surface area contributed by atoms with Crippen LogP contribution in [0.1, 0.15) is 36.9 Å². The van der Waals surface area contributed by atoms with Crippen LogP contribution >= 0.6 is 0 Å². The van der Waals surface area contributed by atoms with Crippen LogP contribution in [0.2, 0.25) is 0 Å². The Labute approximate surface area is 118 Å². The van der Waals surface area contributed by atoms with E-state index in [1.54, 1.807) is 6.20 Å². The number of fused-ring (bicyclic) bond motifs is 1. The summed E-state index contributed by atoms with van der Waals surface area (Å²) >= 11 is 0. The first-order valence-electron chi connectivity index (χ1n) is 7.29. The molecule has 2 atom stereocenters. The molecule has 1 fully saturated rings. The molecule has 0 radical (unpaired) electrons. The molecule has 5 nitrogen and oxygen atoms in total. The number of ether oxygens (including phenoxy) is 1. The summed E-state index contributed by atoms with van der Waals surface area (Å²) in [5.74, 6) is 0. The monoisotopic (exact) mass is 280 g/mol. The van der Waals surface area contributed by atoms with E-state index >= 15 is 0 Å². The molecule has 1 saturated carbocycles. The van der Waals surface area contributed by atoms with Crippen LogP contribution in [0.25, 0.3) is 0 Å². The smallest absolute Gasteiger partial charge is 0.316 e. The number of nitrogens with two attached hydrogens (primary N) is 1. The molecule has 3 rings (SSSR count). The van der Waals surface area contributed by atoms with Gasteiger partial charge < -0.3 is 10.5 Å². The maximum Gasteiger partial charge on any atom is 0.316 e. The van der Waals surface area contributed by atoms with Gasteiger partial charge in [0.2, 0.25) is 0 Å². The normalized spacial score (nSPS) is 26.5. The first-order chi connectivity index (χ1) is 9.76. The summed E-state index contributed by atoms with van der Waals surface area (Å²) in [5, 5.41) is 0. The SMILES string of the molecule is N[C@@H]1CCCC(N2Cc3cnc(OCCF)nc3C2)C1.